The van der Waals surface area contributed by atoms with Gasteiger partial charge >= 0.3 is 0 Å². The molecular formula is C12H22N2O2. The average molecular weight is 226 g/mol. The maximum absolute atomic E-state index is 11.8. The van der Waals surface area contributed by atoms with Crippen molar-refractivity contribution >= 4 is 5.91 Å². The Hall–Kier alpha value is -0.610. The maximum atomic E-state index is 11.8. The van der Waals surface area contributed by atoms with E-state index in [0.717, 1.165) is 39.0 Å². The topological polar surface area (TPSA) is 50.4 Å². The number of nitrogens with one attached hydrogen (secondary N) is 2. The van der Waals surface area contributed by atoms with Crippen molar-refractivity contribution in [2.45, 2.75) is 38.1 Å². The van der Waals surface area contributed by atoms with Crippen molar-refractivity contribution in [3.05, 3.63) is 0 Å². The number of carbonyl (C=O) groups excluding carboxylic acids is 1. The molecule has 1 amide bonds. The molecule has 0 aromatic heterocycles. The number of ether oxygens (including phenoxy) is 1. The fraction of sp³-hybridized carbons (Fsp3) is 0.917. The van der Waals surface area contributed by atoms with Crippen LogP contribution in [0.3, 0.4) is 0 Å². The van der Waals surface area contributed by atoms with Crippen LogP contribution in [0.2, 0.25) is 0 Å². The molecule has 2 aliphatic rings. The molecule has 92 valence electrons. The minimum Gasteiger partial charge on any atom is -0.381 e. The van der Waals surface area contributed by atoms with Gasteiger partial charge in [-0.15, -0.1) is 0 Å². The van der Waals surface area contributed by atoms with Gasteiger partial charge in [-0.2, -0.15) is 0 Å². The summed E-state index contributed by atoms with van der Waals surface area (Å²) in [6, 6.07) is 0.614. The molecule has 2 N–H and O–H groups in total. The highest BCUT2D eigenvalue weighted by Gasteiger charge is 2.21. The number of rotatable bonds is 4. The van der Waals surface area contributed by atoms with Crippen LogP contribution in [0, 0.1) is 5.92 Å². The van der Waals surface area contributed by atoms with E-state index in [1.54, 1.807) is 0 Å². The molecule has 0 aliphatic carbocycles. The first-order valence-electron chi connectivity index (χ1n) is 6.45. The van der Waals surface area contributed by atoms with Gasteiger partial charge in [-0.25, -0.2) is 0 Å². The molecule has 4 heteroatoms. The van der Waals surface area contributed by atoms with Crippen LogP contribution in [0.1, 0.15) is 32.1 Å². The molecule has 2 rings (SSSR count). The molecule has 2 fully saturated rings. The SMILES string of the molecule is O=C(NCCC1CCCN1)C1CCCOC1. The molecule has 0 spiro atoms. The normalized spacial score (nSPS) is 30.2. The summed E-state index contributed by atoms with van der Waals surface area (Å²) in [5, 5.41) is 6.45. The van der Waals surface area contributed by atoms with E-state index in [1.807, 2.05) is 0 Å². The Morgan fingerprint density at radius 2 is 2.31 bits per heavy atom. The molecule has 2 saturated heterocycles. The third-order valence-corrected chi connectivity index (χ3v) is 3.49. The van der Waals surface area contributed by atoms with Gasteiger partial charge in [-0.05, 0) is 38.6 Å². The van der Waals surface area contributed by atoms with Crippen molar-refractivity contribution in [3.63, 3.8) is 0 Å². The molecule has 2 unspecified atom stereocenters. The van der Waals surface area contributed by atoms with E-state index in [1.165, 1.54) is 12.8 Å². The van der Waals surface area contributed by atoms with E-state index in [4.69, 9.17) is 4.74 Å². The monoisotopic (exact) mass is 226 g/mol. The Kier molecular flexibility index (Phi) is 4.60. The Labute approximate surface area is 97.1 Å². The first-order chi connectivity index (χ1) is 7.86. The summed E-state index contributed by atoms with van der Waals surface area (Å²) in [4.78, 5) is 11.8. The summed E-state index contributed by atoms with van der Waals surface area (Å²) in [5.41, 5.74) is 0. The summed E-state index contributed by atoms with van der Waals surface area (Å²) in [6.07, 6.45) is 5.58. The molecule has 0 aromatic carbocycles. The molecule has 16 heavy (non-hydrogen) atoms. The van der Waals surface area contributed by atoms with Crippen molar-refractivity contribution in [2.24, 2.45) is 5.92 Å². The van der Waals surface area contributed by atoms with Gasteiger partial charge in [0.15, 0.2) is 0 Å². The highest BCUT2D eigenvalue weighted by atomic mass is 16.5. The molecule has 2 atom stereocenters. The zero-order chi connectivity index (χ0) is 11.2. The third kappa shape index (κ3) is 3.46. The van der Waals surface area contributed by atoms with Gasteiger partial charge in [0.25, 0.3) is 0 Å². The van der Waals surface area contributed by atoms with Gasteiger partial charge < -0.3 is 15.4 Å². The van der Waals surface area contributed by atoms with Crippen molar-refractivity contribution in [1.29, 1.82) is 0 Å². The fourth-order valence-electron chi connectivity index (χ4n) is 2.46. The predicted octanol–water partition coefficient (Wildman–Crippen LogP) is 0.671. The number of carbonyl (C=O) groups is 1. The largest absolute Gasteiger partial charge is 0.381 e. The number of hydrogen-bond acceptors (Lipinski definition) is 3. The molecule has 2 heterocycles. The van der Waals surface area contributed by atoms with E-state index in [0.29, 0.717) is 12.6 Å². The maximum Gasteiger partial charge on any atom is 0.225 e. The lowest BCUT2D eigenvalue weighted by Gasteiger charge is -2.21. The molecular weight excluding hydrogens is 204 g/mol. The Morgan fingerprint density at radius 1 is 1.38 bits per heavy atom. The highest BCUT2D eigenvalue weighted by molar-refractivity contribution is 5.78. The highest BCUT2D eigenvalue weighted by Crippen LogP contribution is 2.13. The van der Waals surface area contributed by atoms with Crippen molar-refractivity contribution in [3.8, 4) is 0 Å². The number of amides is 1. The standard InChI is InChI=1S/C12H22N2O2/c15-12(10-3-2-8-16-9-10)14-7-5-11-4-1-6-13-11/h10-11,13H,1-9H2,(H,14,15). The second kappa shape index (κ2) is 6.21. The Balaban J connectivity index is 1.59. The van der Waals surface area contributed by atoms with Gasteiger partial charge in [0, 0.05) is 19.2 Å². The first kappa shape index (κ1) is 11.9. The van der Waals surface area contributed by atoms with E-state index in [-0.39, 0.29) is 11.8 Å². The minimum atomic E-state index is 0.0882. The van der Waals surface area contributed by atoms with Crippen LogP contribution in [-0.2, 0) is 9.53 Å². The number of hydrogen-bond donors (Lipinski definition) is 2. The average Bonchev–Trinajstić information content (AvgIpc) is 2.83. The lowest BCUT2D eigenvalue weighted by atomic mass is 10.0. The van der Waals surface area contributed by atoms with Crippen LogP contribution in [0.15, 0.2) is 0 Å². The van der Waals surface area contributed by atoms with Crippen LogP contribution in [0.5, 0.6) is 0 Å². The van der Waals surface area contributed by atoms with Crippen LogP contribution >= 0.6 is 0 Å². The second-order valence-corrected chi connectivity index (χ2v) is 4.79. The van der Waals surface area contributed by atoms with Gasteiger partial charge in [-0.1, -0.05) is 0 Å². The quantitative estimate of drug-likeness (QED) is 0.741. The zero-order valence-electron chi connectivity index (χ0n) is 9.84. The Bertz CT molecular complexity index is 221. The summed E-state index contributed by atoms with van der Waals surface area (Å²) in [7, 11) is 0. The van der Waals surface area contributed by atoms with E-state index in [2.05, 4.69) is 10.6 Å². The minimum absolute atomic E-state index is 0.0882. The molecule has 0 bridgehead atoms. The van der Waals surface area contributed by atoms with Gasteiger partial charge in [-0.3, -0.25) is 4.79 Å². The smallest absolute Gasteiger partial charge is 0.225 e. The molecule has 4 nitrogen and oxygen atoms in total. The molecule has 0 radical (unpaired) electrons. The van der Waals surface area contributed by atoms with Crippen LogP contribution < -0.4 is 10.6 Å². The molecule has 0 saturated carbocycles. The lowest BCUT2D eigenvalue weighted by molar-refractivity contribution is -0.128. The summed E-state index contributed by atoms with van der Waals surface area (Å²) >= 11 is 0. The summed E-state index contributed by atoms with van der Waals surface area (Å²) in [5.74, 6) is 0.267. The van der Waals surface area contributed by atoms with Crippen molar-refractivity contribution < 1.29 is 9.53 Å². The zero-order valence-corrected chi connectivity index (χ0v) is 9.84. The van der Waals surface area contributed by atoms with Gasteiger partial charge in [0.05, 0.1) is 12.5 Å². The van der Waals surface area contributed by atoms with Crippen LogP contribution in [0.4, 0.5) is 0 Å². The fourth-order valence-corrected chi connectivity index (χ4v) is 2.46. The van der Waals surface area contributed by atoms with E-state index >= 15 is 0 Å². The van der Waals surface area contributed by atoms with Crippen molar-refractivity contribution in [1.82, 2.24) is 10.6 Å². The lowest BCUT2D eigenvalue weighted by Crippen LogP contribution is -2.37. The van der Waals surface area contributed by atoms with Gasteiger partial charge in [0.1, 0.15) is 0 Å². The van der Waals surface area contributed by atoms with E-state index < -0.39 is 0 Å². The van der Waals surface area contributed by atoms with E-state index in [9.17, 15) is 4.79 Å². The van der Waals surface area contributed by atoms with Gasteiger partial charge in [0.2, 0.25) is 5.91 Å². The second-order valence-electron chi connectivity index (χ2n) is 4.79. The first-order valence-corrected chi connectivity index (χ1v) is 6.45. The Morgan fingerprint density at radius 3 is 3.00 bits per heavy atom. The van der Waals surface area contributed by atoms with Crippen LogP contribution in [-0.4, -0.2) is 38.3 Å². The predicted molar refractivity (Wildman–Crippen MR) is 62.2 cm³/mol. The molecule has 0 aromatic rings. The molecule has 2 aliphatic heterocycles. The van der Waals surface area contributed by atoms with Crippen LogP contribution in [0.25, 0.3) is 0 Å². The summed E-state index contributed by atoms with van der Waals surface area (Å²) < 4.78 is 5.31. The summed E-state index contributed by atoms with van der Waals surface area (Å²) in [6.45, 7) is 3.35. The van der Waals surface area contributed by atoms with Crippen molar-refractivity contribution in [2.75, 3.05) is 26.3 Å². The third-order valence-electron chi connectivity index (χ3n) is 3.49.